The van der Waals surface area contributed by atoms with E-state index in [-0.39, 0.29) is 24.6 Å². The van der Waals surface area contributed by atoms with Crippen LogP contribution in [0.1, 0.15) is 6.42 Å². The van der Waals surface area contributed by atoms with Gasteiger partial charge in [0.1, 0.15) is 12.7 Å². The fourth-order valence-electron chi connectivity index (χ4n) is 4.22. The van der Waals surface area contributed by atoms with Crippen LogP contribution in [0.5, 0.6) is 5.88 Å². The summed E-state index contributed by atoms with van der Waals surface area (Å²) in [4.78, 5) is 26.2. The minimum Gasteiger partial charge on any atom is -0.475 e. The number of aliphatic hydroxyl groups excluding tert-OH is 2. The first-order chi connectivity index (χ1) is 16.4. The van der Waals surface area contributed by atoms with Crippen molar-refractivity contribution in [3.8, 4) is 17.1 Å². The molecule has 178 valence electrons. The molecule has 0 spiro atoms. The van der Waals surface area contributed by atoms with Gasteiger partial charge in [-0.15, -0.1) is 0 Å². The molecule has 5 rings (SSSR count). The number of urea groups is 1. The molecule has 1 saturated heterocycles. The molecule has 12 heteroatoms. The normalized spacial score (nSPS) is 17.5. The molecule has 0 unspecified atom stereocenters. The number of nitrogens with one attached hydrogen (secondary N) is 1. The van der Waals surface area contributed by atoms with Crippen LogP contribution >= 0.6 is 11.6 Å². The van der Waals surface area contributed by atoms with Crippen molar-refractivity contribution in [2.24, 2.45) is 7.05 Å². The quantitative estimate of drug-likeness (QED) is 0.483. The number of carbonyl (C=O) groups excluding carboxylic acids is 1. The highest BCUT2D eigenvalue weighted by atomic mass is 35.5. The van der Waals surface area contributed by atoms with E-state index < -0.39 is 12.7 Å². The van der Waals surface area contributed by atoms with Crippen LogP contribution < -0.4 is 19.9 Å². The summed E-state index contributed by atoms with van der Waals surface area (Å²) in [5.74, 6) is 0.770. The third-order valence-electron chi connectivity index (χ3n) is 5.85. The topological polar surface area (TPSA) is 129 Å². The maximum Gasteiger partial charge on any atom is 0.327 e. The number of anilines is 3. The lowest BCUT2D eigenvalue weighted by atomic mass is 10.1. The van der Waals surface area contributed by atoms with E-state index in [4.69, 9.17) is 26.4 Å². The van der Waals surface area contributed by atoms with Crippen molar-refractivity contribution in [2.45, 2.75) is 18.6 Å². The number of aryl methyl sites for hydroxylation is 1. The van der Waals surface area contributed by atoms with Crippen LogP contribution in [-0.2, 0) is 7.05 Å². The largest absolute Gasteiger partial charge is 0.475 e. The van der Waals surface area contributed by atoms with E-state index in [9.17, 15) is 9.90 Å². The molecule has 34 heavy (non-hydrogen) atoms. The lowest BCUT2D eigenvalue weighted by Crippen LogP contribution is -2.48. The molecule has 2 aliphatic heterocycles. The lowest BCUT2D eigenvalue weighted by molar-refractivity contribution is 0.0521. The fourth-order valence-corrected chi connectivity index (χ4v) is 4.47. The molecule has 2 bridgehead atoms. The molecule has 2 aliphatic rings. The number of aliphatic hydroxyl groups is 2. The van der Waals surface area contributed by atoms with E-state index in [1.807, 2.05) is 19.3 Å². The SMILES string of the molecule is Cn1cc(-c2nc3c(cc2Cl)N2CC[C@@H](C2)N3C(=O)Nc2ccnc(OC[C@H](O)CO)c2)cn1. The summed E-state index contributed by atoms with van der Waals surface area (Å²) < 4.78 is 7.06. The van der Waals surface area contributed by atoms with Crippen LogP contribution in [0.15, 0.2) is 36.8 Å². The second-order valence-corrected chi connectivity index (χ2v) is 8.69. The summed E-state index contributed by atoms with van der Waals surface area (Å²) in [5, 5.41) is 26.0. The number of carbonyl (C=O) groups is 1. The zero-order valence-electron chi connectivity index (χ0n) is 18.4. The molecule has 0 aliphatic carbocycles. The van der Waals surface area contributed by atoms with Gasteiger partial charge in [0.25, 0.3) is 0 Å². The smallest absolute Gasteiger partial charge is 0.327 e. The van der Waals surface area contributed by atoms with Crippen molar-refractivity contribution in [3.63, 3.8) is 0 Å². The van der Waals surface area contributed by atoms with Gasteiger partial charge in [0.15, 0.2) is 5.82 Å². The van der Waals surface area contributed by atoms with Crippen LogP contribution in [0.3, 0.4) is 0 Å². The minimum absolute atomic E-state index is 0.0276. The molecule has 3 aromatic rings. The highest BCUT2D eigenvalue weighted by molar-refractivity contribution is 6.33. The molecule has 1 fully saturated rings. The van der Waals surface area contributed by atoms with Gasteiger partial charge in [0.05, 0.1) is 35.2 Å². The minimum atomic E-state index is -1.01. The molecule has 3 N–H and O–H groups in total. The van der Waals surface area contributed by atoms with Crippen LogP contribution in [0, 0.1) is 0 Å². The average molecular weight is 486 g/mol. The summed E-state index contributed by atoms with van der Waals surface area (Å²) in [6.45, 7) is 0.988. The van der Waals surface area contributed by atoms with E-state index in [0.29, 0.717) is 28.8 Å². The molecule has 3 aromatic heterocycles. The Balaban J connectivity index is 1.43. The molecule has 0 saturated carbocycles. The van der Waals surface area contributed by atoms with E-state index in [1.165, 1.54) is 6.20 Å². The number of hydrogen-bond donors (Lipinski definition) is 3. The van der Waals surface area contributed by atoms with Gasteiger partial charge >= 0.3 is 6.03 Å². The monoisotopic (exact) mass is 485 g/mol. The van der Waals surface area contributed by atoms with Gasteiger partial charge in [-0.1, -0.05) is 11.6 Å². The summed E-state index contributed by atoms with van der Waals surface area (Å²) in [7, 11) is 1.82. The second kappa shape index (κ2) is 9.09. The predicted octanol–water partition coefficient (Wildman–Crippen LogP) is 1.89. The maximum absolute atomic E-state index is 13.5. The highest BCUT2D eigenvalue weighted by Gasteiger charge is 2.41. The maximum atomic E-state index is 13.5. The Kier molecular flexibility index (Phi) is 5.98. The Bertz CT molecular complexity index is 1220. The van der Waals surface area contributed by atoms with Gasteiger partial charge in [0.2, 0.25) is 5.88 Å². The summed E-state index contributed by atoms with van der Waals surface area (Å²) in [6.07, 6.45) is 4.82. The number of ether oxygens (including phenoxy) is 1. The molecule has 0 radical (unpaired) electrons. The summed E-state index contributed by atoms with van der Waals surface area (Å²) in [5.41, 5.74) is 2.63. The van der Waals surface area contributed by atoms with E-state index >= 15 is 0 Å². The Hall–Kier alpha value is -3.41. The first kappa shape index (κ1) is 22.4. The van der Waals surface area contributed by atoms with Crippen molar-refractivity contribution in [1.82, 2.24) is 19.7 Å². The van der Waals surface area contributed by atoms with Crippen molar-refractivity contribution in [3.05, 3.63) is 41.8 Å². The fraction of sp³-hybridized carbons (Fsp3) is 0.364. The van der Waals surface area contributed by atoms with Gasteiger partial charge < -0.3 is 25.2 Å². The number of nitrogens with zero attached hydrogens (tertiary/aromatic N) is 6. The van der Waals surface area contributed by atoms with E-state index in [2.05, 4.69) is 20.3 Å². The Morgan fingerprint density at radius 3 is 3.03 bits per heavy atom. The van der Waals surface area contributed by atoms with Crippen molar-refractivity contribution in [2.75, 3.05) is 41.4 Å². The summed E-state index contributed by atoms with van der Waals surface area (Å²) >= 11 is 6.58. The van der Waals surface area contributed by atoms with Crippen molar-refractivity contribution < 1.29 is 19.7 Å². The number of pyridine rings is 2. The zero-order valence-corrected chi connectivity index (χ0v) is 19.2. The molecule has 0 aromatic carbocycles. The van der Waals surface area contributed by atoms with Gasteiger partial charge in [0, 0.05) is 49.8 Å². The summed E-state index contributed by atoms with van der Waals surface area (Å²) in [6, 6.07) is 4.71. The lowest BCUT2D eigenvalue weighted by Gasteiger charge is -2.36. The molecular weight excluding hydrogens is 462 g/mol. The van der Waals surface area contributed by atoms with Crippen molar-refractivity contribution in [1.29, 1.82) is 0 Å². The van der Waals surface area contributed by atoms with Gasteiger partial charge in [-0.2, -0.15) is 5.10 Å². The van der Waals surface area contributed by atoms with E-state index in [1.54, 1.807) is 27.9 Å². The Morgan fingerprint density at radius 2 is 2.26 bits per heavy atom. The second-order valence-electron chi connectivity index (χ2n) is 8.28. The standard InChI is InChI=1S/C22H24ClN7O4/c1-28-9-13(8-25-28)20-17(23)7-18-21(27-20)30(15-3-5-29(18)10-15)22(33)26-14-2-4-24-19(6-14)34-12-16(32)11-31/h2,4,6-9,15-16,31-32H,3,5,10-12H2,1H3,(H,24,26,33)/t15-,16+/m0/s1. The van der Waals surface area contributed by atoms with Crippen molar-refractivity contribution >= 4 is 34.8 Å². The molecule has 2 amide bonds. The first-order valence-corrected chi connectivity index (χ1v) is 11.2. The number of rotatable bonds is 6. The Labute approximate surface area is 200 Å². The third-order valence-corrected chi connectivity index (χ3v) is 6.14. The van der Waals surface area contributed by atoms with Crippen LogP contribution in [0.4, 0.5) is 22.0 Å². The number of amides is 2. The molecule has 5 heterocycles. The number of fused-ring (bicyclic) bond motifs is 4. The van der Waals surface area contributed by atoms with Crippen LogP contribution in [-0.4, -0.2) is 74.4 Å². The average Bonchev–Trinajstić information content (AvgIpc) is 3.45. The predicted molar refractivity (Wildman–Crippen MR) is 126 cm³/mol. The first-order valence-electron chi connectivity index (χ1n) is 10.9. The zero-order chi connectivity index (χ0) is 23.8. The third kappa shape index (κ3) is 4.25. The Morgan fingerprint density at radius 1 is 1.41 bits per heavy atom. The van der Waals surface area contributed by atoms with Gasteiger partial charge in [-0.25, -0.2) is 14.8 Å². The molecule has 2 atom stereocenters. The van der Waals surface area contributed by atoms with Gasteiger partial charge in [-0.05, 0) is 18.6 Å². The molecule has 11 nitrogen and oxygen atoms in total. The van der Waals surface area contributed by atoms with E-state index in [0.717, 1.165) is 24.2 Å². The number of hydrogen-bond acceptors (Lipinski definition) is 8. The van der Waals surface area contributed by atoms with Gasteiger partial charge in [-0.3, -0.25) is 9.58 Å². The number of halogens is 1. The van der Waals surface area contributed by atoms with Crippen LogP contribution in [0.25, 0.3) is 11.3 Å². The number of aromatic nitrogens is 4. The molecular formula is C22H24ClN7O4. The highest BCUT2D eigenvalue weighted by Crippen LogP contribution is 2.43. The van der Waals surface area contributed by atoms with Crippen LogP contribution in [0.2, 0.25) is 5.02 Å².